The van der Waals surface area contributed by atoms with Crippen LogP contribution in [0.5, 0.6) is 0 Å². The van der Waals surface area contributed by atoms with Crippen LogP contribution in [0.4, 0.5) is 0 Å². The van der Waals surface area contributed by atoms with Gasteiger partial charge in [0.1, 0.15) is 12.2 Å². The highest BCUT2D eigenvalue weighted by atomic mass is 16.6. The summed E-state index contributed by atoms with van der Waals surface area (Å²) in [4.78, 5) is 12.0. The lowest BCUT2D eigenvalue weighted by Crippen LogP contribution is -2.43. The zero-order valence-corrected chi connectivity index (χ0v) is 10.3. The summed E-state index contributed by atoms with van der Waals surface area (Å²) in [6, 6.07) is 9.92. The average molecular weight is 244 g/mol. The molecule has 0 spiro atoms. The quantitative estimate of drug-likeness (QED) is 0.766. The van der Waals surface area contributed by atoms with Gasteiger partial charge in [-0.05, 0) is 12.5 Å². The molecule has 94 valence electrons. The van der Waals surface area contributed by atoms with Crippen molar-refractivity contribution in [2.45, 2.75) is 37.8 Å². The van der Waals surface area contributed by atoms with Gasteiger partial charge >= 0.3 is 0 Å². The molecule has 1 saturated heterocycles. The third-order valence-corrected chi connectivity index (χ3v) is 3.49. The van der Waals surface area contributed by atoms with Crippen molar-refractivity contribution in [2.75, 3.05) is 0 Å². The first-order valence-electron chi connectivity index (χ1n) is 6.31. The lowest BCUT2D eigenvalue weighted by molar-refractivity contribution is -0.158. The first-order valence-corrected chi connectivity index (χ1v) is 6.31. The van der Waals surface area contributed by atoms with Crippen molar-refractivity contribution in [2.24, 2.45) is 0 Å². The van der Waals surface area contributed by atoms with E-state index in [0.717, 1.165) is 5.56 Å². The van der Waals surface area contributed by atoms with Crippen molar-refractivity contribution in [3.05, 3.63) is 48.0 Å². The highest BCUT2D eigenvalue weighted by Gasteiger charge is 2.40. The fraction of sp³-hybridized carbons (Fsp3) is 0.400. The molecule has 3 rings (SSSR count). The Morgan fingerprint density at radius 1 is 1.28 bits per heavy atom. The summed E-state index contributed by atoms with van der Waals surface area (Å²) in [6.07, 6.45) is 3.53. The normalized spacial score (nSPS) is 31.6. The van der Waals surface area contributed by atoms with Crippen molar-refractivity contribution in [1.82, 2.24) is 0 Å². The Bertz CT molecular complexity index is 466. The monoisotopic (exact) mass is 244 g/mol. The van der Waals surface area contributed by atoms with Gasteiger partial charge in [0.2, 0.25) is 0 Å². The van der Waals surface area contributed by atoms with Gasteiger partial charge in [-0.15, -0.1) is 0 Å². The smallest absolute Gasteiger partial charge is 0.167 e. The second kappa shape index (κ2) is 4.67. The van der Waals surface area contributed by atoms with Crippen LogP contribution in [-0.2, 0) is 14.3 Å². The number of carbonyl (C=O) groups is 1. The first kappa shape index (κ1) is 11.6. The molecule has 1 aromatic carbocycles. The standard InChI is InChI=1S/C15H16O3/c1-10(11-5-3-2-4-6-11)17-15-13(16)9-12-7-8-14(15)18-12/h2-8,10,12,14-15H,9H2,1H3/t10?,12-,14-,15-/m0/s1. The topological polar surface area (TPSA) is 35.5 Å². The molecule has 18 heavy (non-hydrogen) atoms. The Morgan fingerprint density at radius 3 is 2.83 bits per heavy atom. The van der Waals surface area contributed by atoms with E-state index in [0.29, 0.717) is 6.42 Å². The summed E-state index contributed by atoms with van der Waals surface area (Å²) in [7, 11) is 0. The van der Waals surface area contributed by atoms with Crippen LogP contribution in [0.25, 0.3) is 0 Å². The maximum absolute atomic E-state index is 12.0. The van der Waals surface area contributed by atoms with E-state index in [1.807, 2.05) is 49.4 Å². The molecule has 2 bridgehead atoms. The Labute approximate surface area is 106 Å². The van der Waals surface area contributed by atoms with Crippen LogP contribution in [0.1, 0.15) is 25.0 Å². The van der Waals surface area contributed by atoms with Gasteiger partial charge in [-0.2, -0.15) is 0 Å². The van der Waals surface area contributed by atoms with E-state index < -0.39 is 6.10 Å². The molecule has 4 atom stereocenters. The molecule has 0 amide bonds. The number of hydrogen-bond acceptors (Lipinski definition) is 3. The van der Waals surface area contributed by atoms with Crippen LogP contribution in [-0.4, -0.2) is 24.1 Å². The van der Waals surface area contributed by atoms with E-state index in [9.17, 15) is 4.79 Å². The zero-order valence-electron chi connectivity index (χ0n) is 10.3. The van der Waals surface area contributed by atoms with Gasteiger partial charge in [0.15, 0.2) is 5.78 Å². The summed E-state index contributed by atoms with van der Waals surface area (Å²) in [5, 5.41) is 0. The predicted molar refractivity (Wildman–Crippen MR) is 67.2 cm³/mol. The molecular weight excluding hydrogens is 228 g/mol. The van der Waals surface area contributed by atoms with E-state index >= 15 is 0 Å². The van der Waals surface area contributed by atoms with Crippen LogP contribution in [0.15, 0.2) is 42.5 Å². The van der Waals surface area contributed by atoms with Crippen molar-refractivity contribution in [1.29, 1.82) is 0 Å². The molecule has 0 aromatic heterocycles. The molecule has 1 unspecified atom stereocenters. The number of fused-ring (bicyclic) bond motifs is 2. The Balaban J connectivity index is 1.72. The van der Waals surface area contributed by atoms with Gasteiger partial charge in [-0.1, -0.05) is 42.5 Å². The van der Waals surface area contributed by atoms with Gasteiger partial charge in [0.25, 0.3) is 0 Å². The average Bonchev–Trinajstić information content (AvgIpc) is 2.79. The molecule has 1 aromatic rings. The van der Waals surface area contributed by atoms with E-state index in [1.165, 1.54) is 0 Å². The van der Waals surface area contributed by atoms with Crippen LogP contribution < -0.4 is 0 Å². The number of Topliss-reactive ketones (excluding diaryl/α,β-unsaturated/α-hetero) is 1. The number of benzene rings is 1. The molecule has 0 N–H and O–H groups in total. The molecule has 1 fully saturated rings. The minimum absolute atomic E-state index is 0.0330. The summed E-state index contributed by atoms with van der Waals surface area (Å²) in [6.45, 7) is 1.97. The molecule has 3 nitrogen and oxygen atoms in total. The third-order valence-electron chi connectivity index (χ3n) is 3.49. The molecule has 0 aliphatic carbocycles. The fourth-order valence-corrected chi connectivity index (χ4v) is 2.49. The number of rotatable bonds is 3. The maximum atomic E-state index is 12.0. The highest BCUT2D eigenvalue weighted by molar-refractivity contribution is 5.86. The summed E-state index contributed by atoms with van der Waals surface area (Å²) in [5.41, 5.74) is 1.08. The third kappa shape index (κ3) is 2.11. The van der Waals surface area contributed by atoms with E-state index in [1.54, 1.807) is 0 Å². The maximum Gasteiger partial charge on any atom is 0.167 e. The molecular formula is C15H16O3. The lowest BCUT2D eigenvalue weighted by atomic mass is 10.0. The van der Waals surface area contributed by atoms with Crippen molar-refractivity contribution < 1.29 is 14.3 Å². The van der Waals surface area contributed by atoms with Gasteiger partial charge in [-0.25, -0.2) is 0 Å². The highest BCUT2D eigenvalue weighted by Crippen LogP contribution is 2.30. The number of hydrogen-bond donors (Lipinski definition) is 0. The van der Waals surface area contributed by atoms with E-state index in [2.05, 4.69) is 0 Å². The van der Waals surface area contributed by atoms with Crippen molar-refractivity contribution >= 4 is 5.78 Å². The second-order valence-corrected chi connectivity index (χ2v) is 4.80. The van der Waals surface area contributed by atoms with Crippen molar-refractivity contribution in [3.63, 3.8) is 0 Å². The molecule has 2 heterocycles. The fourth-order valence-electron chi connectivity index (χ4n) is 2.49. The summed E-state index contributed by atoms with van der Waals surface area (Å²) < 4.78 is 11.6. The Hall–Kier alpha value is -1.45. The molecule has 3 heteroatoms. The molecule has 0 radical (unpaired) electrons. The van der Waals surface area contributed by atoms with Crippen molar-refractivity contribution in [3.8, 4) is 0 Å². The SMILES string of the molecule is CC(O[C@H]1C(=O)C[C@@H]2C=C[C@@H]1O2)c1ccccc1. The van der Waals surface area contributed by atoms with Crippen LogP contribution >= 0.6 is 0 Å². The van der Waals surface area contributed by atoms with Crippen LogP contribution in [0.3, 0.4) is 0 Å². The van der Waals surface area contributed by atoms with Crippen LogP contribution in [0.2, 0.25) is 0 Å². The molecule has 2 aliphatic rings. The number of ether oxygens (including phenoxy) is 2. The van der Waals surface area contributed by atoms with E-state index in [4.69, 9.17) is 9.47 Å². The van der Waals surface area contributed by atoms with Gasteiger partial charge in [-0.3, -0.25) is 4.79 Å². The van der Waals surface area contributed by atoms with Crippen LogP contribution in [0, 0.1) is 0 Å². The minimum atomic E-state index is -0.463. The molecule has 2 aliphatic heterocycles. The zero-order chi connectivity index (χ0) is 12.5. The Morgan fingerprint density at radius 2 is 2.06 bits per heavy atom. The number of ketones is 1. The first-order chi connectivity index (χ1) is 8.74. The lowest BCUT2D eigenvalue weighted by Gasteiger charge is -2.30. The summed E-state index contributed by atoms with van der Waals surface area (Å²) in [5.74, 6) is 0.143. The van der Waals surface area contributed by atoms with Gasteiger partial charge in [0.05, 0.1) is 12.2 Å². The van der Waals surface area contributed by atoms with Gasteiger partial charge in [0, 0.05) is 6.42 Å². The summed E-state index contributed by atoms with van der Waals surface area (Å²) >= 11 is 0. The van der Waals surface area contributed by atoms with E-state index in [-0.39, 0.29) is 24.1 Å². The van der Waals surface area contributed by atoms with Gasteiger partial charge < -0.3 is 9.47 Å². The minimum Gasteiger partial charge on any atom is -0.363 e. The number of carbonyl (C=O) groups excluding carboxylic acids is 1. The Kier molecular flexibility index (Phi) is 3.02. The second-order valence-electron chi connectivity index (χ2n) is 4.80. The molecule has 0 saturated carbocycles. The predicted octanol–water partition coefficient (Wildman–Crippen LogP) is 2.43. The largest absolute Gasteiger partial charge is 0.363 e.